The summed E-state index contributed by atoms with van der Waals surface area (Å²) < 4.78 is 0. The Hall–Kier alpha value is -2.14. The fourth-order valence-corrected chi connectivity index (χ4v) is 1.67. The highest BCUT2D eigenvalue weighted by Crippen LogP contribution is 2.22. The topological polar surface area (TPSA) is 93.3 Å². The first-order valence-corrected chi connectivity index (χ1v) is 5.00. The molecule has 17 heavy (non-hydrogen) atoms. The third-order valence-corrected chi connectivity index (χ3v) is 2.49. The molecule has 0 unspecified atom stereocenters. The van der Waals surface area contributed by atoms with Crippen LogP contribution in [-0.4, -0.2) is 22.0 Å². The zero-order valence-electron chi connectivity index (χ0n) is 8.48. The van der Waals surface area contributed by atoms with E-state index in [0.717, 1.165) is 6.07 Å². The molecular formula is C11H7ClN2O3. The molecule has 0 aliphatic rings. The number of amides is 1. The minimum Gasteiger partial charge on any atom is -0.478 e. The Morgan fingerprint density at radius 1 is 1.29 bits per heavy atom. The normalized spacial score (nSPS) is 10.4. The van der Waals surface area contributed by atoms with Crippen LogP contribution in [0, 0.1) is 0 Å². The average molecular weight is 251 g/mol. The quantitative estimate of drug-likeness (QED) is 0.848. The van der Waals surface area contributed by atoms with Gasteiger partial charge < -0.3 is 10.8 Å². The van der Waals surface area contributed by atoms with Gasteiger partial charge in [-0.3, -0.25) is 4.79 Å². The van der Waals surface area contributed by atoms with Crippen molar-refractivity contribution in [2.45, 2.75) is 0 Å². The van der Waals surface area contributed by atoms with Gasteiger partial charge in [0.1, 0.15) is 5.69 Å². The van der Waals surface area contributed by atoms with Crippen molar-refractivity contribution in [2.75, 3.05) is 0 Å². The highest BCUT2D eigenvalue weighted by Gasteiger charge is 2.14. The molecule has 0 radical (unpaired) electrons. The maximum absolute atomic E-state index is 11.1. The Morgan fingerprint density at radius 2 is 2.00 bits per heavy atom. The van der Waals surface area contributed by atoms with Crippen LogP contribution in [0.5, 0.6) is 0 Å². The van der Waals surface area contributed by atoms with Crippen LogP contribution in [0.4, 0.5) is 0 Å². The summed E-state index contributed by atoms with van der Waals surface area (Å²) in [6, 6.07) is 5.73. The number of nitrogens with zero attached hydrogens (tertiary/aromatic N) is 1. The third kappa shape index (κ3) is 2.05. The van der Waals surface area contributed by atoms with Crippen LogP contribution >= 0.6 is 11.6 Å². The lowest BCUT2D eigenvalue weighted by molar-refractivity contribution is 0.0699. The second kappa shape index (κ2) is 4.03. The number of carboxylic acids is 1. The van der Waals surface area contributed by atoms with Gasteiger partial charge in [0.05, 0.1) is 11.1 Å². The van der Waals surface area contributed by atoms with Crippen LogP contribution in [0.2, 0.25) is 5.02 Å². The molecule has 0 fully saturated rings. The van der Waals surface area contributed by atoms with Crippen molar-refractivity contribution in [1.82, 2.24) is 4.98 Å². The standard InChI is InChI=1S/C11H7ClN2O3/c12-5-1-2-6-7(11(16)17)4-9(10(13)15)14-8(6)3-5/h1-4H,(H2,13,15)(H,16,17). The summed E-state index contributed by atoms with van der Waals surface area (Å²) in [5.41, 5.74) is 5.28. The number of nitrogens with two attached hydrogens (primary N) is 1. The average Bonchev–Trinajstić information content (AvgIpc) is 2.26. The van der Waals surface area contributed by atoms with E-state index in [0.29, 0.717) is 15.9 Å². The maximum Gasteiger partial charge on any atom is 0.336 e. The van der Waals surface area contributed by atoms with E-state index in [9.17, 15) is 9.59 Å². The number of primary amides is 1. The number of carbonyl (C=O) groups excluding carboxylic acids is 1. The second-order valence-electron chi connectivity index (χ2n) is 3.39. The Labute approximate surface area is 101 Å². The van der Waals surface area contributed by atoms with Crippen molar-refractivity contribution in [3.05, 3.63) is 40.5 Å². The number of halogens is 1. The number of hydrogen-bond acceptors (Lipinski definition) is 3. The van der Waals surface area contributed by atoms with Gasteiger partial charge in [-0.15, -0.1) is 0 Å². The molecule has 1 heterocycles. The molecule has 0 aliphatic heterocycles. The molecule has 2 aromatic rings. The molecule has 0 spiro atoms. The van der Waals surface area contributed by atoms with Crippen LogP contribution in [0.25, 0.3) is 10.9 Å². The lowest BCUT2D eigenvalue weighted by Crippen LogP contribution is -2.14. The van der Waals surface area contributed by atoms with Gasteiger partial charge in [-0.25, -0.2) is 9.78 Å². The maximum atomic E-state index is 11.1. The fraction of sp³-hybridized carbons (Fsp3) is 0. The first kappa shape index (κ1) is 11.3. The largest absolute Gasteiger partial charge is 0.478 e. The minimum atomic E-state index is -1.15. The van der Waals surface area contributed by atoms with Crippen LogP contribution in [0.15, 0.2) is 24.3 Å². The molecule has 0 aliphatic carbocycles. The van der Waals surface area contributed by atoms with Gasteiger partial charge in [0.15, 0.2) is 0 Å². The Bertz CT molecular complexity index is 640. The van der Waals surface area contributed by atoms with Crippen LogP contribution < -0.4 is 5.73 Å². The fourth-order valence-electron chi connectivity index (χ4n) is 1.50. The van der Waals surface area contributed by atoms with Gasteiger partial charge in [-0.2, -0.15) is 0 Å². The Morgan fingerprint density at radius 3 is 2.59 bits per heavy atom. The van der Waals surface area contributed by atoms with Gasteiger partial charge in [0.2, 0.25) is 0 Å². The number of benzene rings is 1. The van der Waals surface area contributed by atoms with Crippen molar-refractivity contribution < 1.29 is 14.7 Å². The van der Waals surface area contributed by atoms with E-state index < -0.39 is 11.9 Å². The summed E-state index contributed by atoms with van der Waals surface area (Å²) in [7, 11) is 0. The van der Waals surface area contributed by atoms with Gasteiger partial charge >= 0.3 is 5.97 Å². The van der Waals surface area contributed by atoms with E-state index in [1.165, 1.54) is 6.07 Å². The number of carboxylic acid groups (broad SMARTS) is 1. The molecule has 2 rings (SSSR count). The van der Waals surface area contributed by atoms with E-state index in [1.54, 1.807) is 12.1 Å². The first-order valence-electron chi connectivity index (χ1n) is 4.62. The third-order valence-electron chi connectivity index (χ3n) is 2.25. The number of aromatic carboxylic acids is 1. The predicted octanol–water partition coefficient (Wildman–Crippen LogP) is 1.69. The van der Waals surface area contributed by atoms with E-state index in [2.05, 4.69) is 4.98 Å². The number of aromatic nitrogens is 1. The molecule has 6 heteroatoms. The molecule has 1 amide bonds. The molecule has 0 atom stereocenters. The summed E-state index contributed by atoms with van der Waals surface area (Å²) in [4.78, 5) is 26.1. The van der Waals surface area contributed by atoms with E-state index in [1.807, 2.05) is 0 Å². The first-order chi connectivity index (χ1) is 7.99. The van der Waals surface area contributed by atoms with Crippen molar-refractivity contribution in [3.63, 3.8) is 0 Å². The van der Waals surface area contributed by atoms with Crippen molar-refractivity contribution in [1.29, 1.82) is 0 Å². The number of carbonyl (C=O) groups is 2. The van der Waals surface area contributed by atoms with Crippen LogP contribution in [0.1, 0.15) is 20.8 Å². The molecule has 5 nitrogen and oxygen atoms in total. The summed E-state index contributed by atoms with van der Waals surface area (Å²) >= 11 is 5.78. The van der Waals surface area contributed by atoms with Crippen LogP contribution in [-0.2, 0) is 0 Å². The second-order valence-corrected chi connectivity index (χ2v) is 3.82. The van der Waals surface area contributed by atoms with Gasteiger partial charge in [-0.05, 0) is 18.2 Å². The summed E-state index contributed by atoms with van der Waals surface area (Å²) in [6.45, 7) is 0. The van der Waals surface area contributed by atoms with Crippen molar-refractivity contribution in [3.8, 4) is 0 Å². The van der Waals surface area contributed by atoms with Gasteiger partial charge in [0.25, 0.3) is 5.91 Å². The molecule has 1 aromatic carbocycles. The molecular weight excluding hydrogens is 244 g/mol. The smallest absolute Gasteiger partial charge is 0.336 e. The molecule has 1 aromatic heterocycles. The predicted molar refractivity (Wildman–Crippen MR) is 62.2 cm³/mol. The van der Waals surface area contributed by atoms with E-state index in [-0.39, 0.29) is 11.3 Å². The van der Waals surface area contributed by atoms with E-state index >= 15 is 0 Å². The number of hydrogen-bond donors (Lipinski definition) is 2. The van der Waals surface area contributed by atoms with Crippen molar-refractivity contribution >= 4 is 34.4 Å². The molecule has 0 saturated heterocycles. The molecule has 0 saturated carbocycles. The number of rotatable bonds is 2. The zero-order valence-corrected chi connectivity index (χ0v) is 9.23. The van der Waals surface area contributed by atoms with Gasteiger partial charge in [-0.1, -0.05) is 17.7 Å². The molecule has 3 N–H and O–H groups in total. The summed E-state index contributed by atoms with van der Waals surface area (Å²) in [6.07, 6.45) is 0. The number of fused-ring (bicyclic) bond motifs is 1. The Balaban J connectivity index is 2.85. The molecule has 0 bridgehead atoms. The monoisotopic (exact) mass is 250 g/mol. The minimum absolute atomic E-state index is 0.0273. The van der Waals surface area contributed by atoms with Gasteiger partial charge in [0, 0.05) is 10.4 Å². The van der Waals surface area contributed by atoms with E-state index in [4.69, 9.17) is 22.4 Å². The molecule has 86 valence electrons. The zero-order chi connectivity index (χ0) is 12.6. The van der Waals surface area contributed by atoms with Crippen molar-refractivity contribution in [2.24, 2.45) is 5.73 Å². The summed E-state index contributed by atoms with van der Waals surface area (Å²) in [5, 5.41) is 9.86. The highest BCUT2D eigenvalue weighted by atomic mass is 35.5. The lowest BCUT2D eigenvalue weighted by Gasteiger charge is -2.04. The highest BCUT2D eigenvalue weighted by molar-refractivity contribution is 6.31. The lowest BCUT2D eigenvalue weighted by atomic mass is 10.1. The summed E-state index contributed by atoms with van der Waals surface area (Å²) in [5.74, 6) is -1.93. The Kier molecular flexibility index (Phi) is 2.69. The SMILES string of the molecule is NC(=O)c1cc(C(=O)O)c2ccc(Cl)cc2n1. The van der Waals surface area contributed by atoms with Crippen LogP contribution in [0.3, 0.4) is 0 Å². The number of pyridine rings is 1.